The van der Waals surface area contributed by atoms with Crippen molar-refractivity contribution in [3.63, 3.8) is 0 Å². The highest BCUT2D eigenvalue weighted by atomic mass is 16.1. The van der Waals surface area contributed by atoms with Crippen molar-refractivity contribution in [2.75, 3.05) is 0 Å². The van der Waals surface area contributed by atoms with Gasteiger partial charge in [0.15, 0.2) is 0 Å². The maximum atomic E-state index is 10.8. The Kier molecular flexibility index (Phi) is 6.29. The molecule has 0 aromatic carbocycles. The van der Waals surface area contributed by atoms with Gasteiger partial charge in [-0.1, -0.05) is 46.1 Å². The van der Waals surface area contributed by atoms with Crippen LogP contribution in [0.5, 0.6) is 0 Å². The van der Waals surface area contributed by atoms with Gasteiger partial charge in [0.25, 0.3) is 0 Å². The zero-order valence-corrected chi connectivity index (χ0v) is 8.81. The van der Waals surface area contributed by atoms with Crippen molar-refractivity contribution >= 4 is 5.91 Å². The Morgan fingerprint density at radius 3 is 2.46 bits per heavy atom. The molecule has 0 aromatic heterocycles. The number of rotatable bonds is 7. The van der Waals surface area contributed by atoms with Gasteiger partial charge in [0.2, 0.25) is 5.91 Å². The molecule has 0 bridgehead atoms. The number of hydrogen-bond acceptors (Lipinski definition) is 1. The van der Waals surface area contributed by atoms with Gasteiger partial charge >= 0.3 is 0 Å². The second kappa shape index (κ2) is 6.70. The van der Waals surface area contributed by atoms with E-state index in [0.29, 0.717) is 5.57 Å². The molecule has 0 rings (SSSR count). The van der Waals surface area contributed by atoms with Gasteiger partial charge in [-0.05, 0) is 12.3 Å². The molecule has 0 heterocycles. The highest BCUT2D eigenvalue weighted by Crippen LogP contribution is 2.16. The minimum absolute atomic E-state index is 0.245. The molecule has 0 saturated carbocycles. The standard InChI is InChI=1S/C11H21NO/c1-4-5-6-7-8-9(2)10(3)11(12)13/h9H,3-8H2,1-2H3,(H2,12,13). The third-order valence-corrected chi connectivity index (χ3v) is 2.40. The van der Waals surface area contributed by atoms with Crippen LogP contribution in [0, 0.1) is 5.92 Å². The van der Waals surface area contributed by atoms with Gasteiger partial charge in [-0.25, -0.2) is 0 Å². The van der Waals surface area contributed by atoms with E-state index < -0.39 is 0 Å². The molecule has 0 radical (unpaired) electrons. The van der Waals surface area contributed by atoms with Crippen molar-refractivity contribution in [2.24, 2.45) is 11.7 Å². The van der Waals surface area contributed by atoms with E-state index in [9.17, 15) is 4.79 Å². The molecule has 0 saturated heterocycles. The lowest BCUT2D eigenvalue weighted by Crippen LogP contribution is -2.18. The minimum Gasteiger partial charge on any atom is -0.366 e. The van der Waals surface area contributed by atoms with E-state index in [1.165, 1.54) is 25.7 Å². The normalized spacial score (nSPS) is 12.5. The predicted molar refractivity (Wildman–Crippen MR) is 56.3 cm³/mol. The Bertz CT molecular complexity index is 175. The van der Waals surface area contributed by atoms with Crippen LogP contribution in [0.25, 0.3) is 0 Å². The fraction of sp³-hybridized carbons (Fsp3) is 0.727. The van der Waals surface area contributed by atoms with Crippen LogP contribution in [0.2, 0.25) is 0 Å². The van der Waals surface area contributed by atoms with Crippen molar-refractivity contribution in [1.29, 1.82) is 0 Å². The summed E-state index contributed by atoms with van der Waals surface area (Å²) in [7, 11) is 0. The summed E-state index contributed by atoms with van der Waals surface area (Å²) in [5.74, 6) is -0.114. The summed E-state index contributed by atoms with van der Waals surface area (Å²) >= 11 is 0. The van der Waals surface area contributed by atoms with Crippen LogP contribution in [0.15, 0.2) is 12.2 Å². The summed E-state index contributed by atoms with van der Waals surface area (Å²) in [6.45, 7) is 7.88. The van der Waals surface area contributed by atoms with Crippen LogP contribution in [0.4, 0.5) is 0 Å². The summed E-state index contributed by atoms with van der Waals surface area (Å²) in [6.07, 6.45) is 5.96. The largest absolute Gasteiger partial charge is 0.366 e. The first-order chi connectivity index (χ1) is 6.09. The number of nitrogens with two attached hydrogens (primary N) is 1. The Morgan fingerprint density at radius 2 is 2.00 bits per heavy atom. The Hall–Kier alpha value is -0.790. The third-order valence-electron chi connectivity index (χ3n) is 2.40. The maximum Gasteiger partial charge on any atom is 0.244 e. The lowest BCUT2D eigenvalue weighted by molar-refractivity contribution is -0.115. The second-order valence-electron chi connectivity index (χ2n) is 3.64. The van der Waals surface area contributed by atoms with E-state index in [-0.39, 0.29) is 11.8 Å². The summed E-state index contributed by atoms with van der Waals surface area (Å²) in [5.41, 5.74) is 5.70. The molecule has 0 fully saturated rings. The molecular weight excluding hydrogens is 162 g/mol. The molecule has 0 aliphatic rings. The molecule has 1 unspecified atom stereocenters. The number of amides is 1. The van der Waals surface area contributed by atoms with E-state index in [1.54, 1.807) is 0 Å². The van der Waals surface area contributed by atoms with Gasteiger partial charge < -0.3 is 5.73 Å². The highest BCUT2D eigenvalue weighted by molar-refractivity contribution is 5.91. The third kappa shape index (κ3) is 5.45. The molecule has 2 heteroatoms. The fourth-order valence-corrected chi connectivity index (χ4v) is 1.29. The summed E-state index contributed by atoms with van der Waals surface area (Å²) in [6, 6.07) is 0. The maximum absolute atomic E-state index is 10.8. The Labute approximate surface area is 81.2 Å². The zero-order valence-electron chi connectivity index (χ0n) is 8.81. The van der Waals surface area contributed by atoms with E-state index >= 15 is 0 Å². The van der Waals surface area contributed by atoms with E-state index in [4.69, 9.17) is 5.73 Å². The molecular formula is C11H21NO. The van der Waals surface area contributed by atoms with Gasteiger partial charge in [0, 0.05) is 5.57 Å². The predicted octanol–water partition coefficient (Wildman–Crippen LogP) is 2.63. The molecule has 1 atom stereocenters. The lowest BCUT2D eigenvalue weighted by Gasteiger charge is -2.10. The van der Waals surface area contributed by atoms with Gasteiger partial charge in [0.1, 0.15) is 0 Å². The molecule has 2 N–H and O–H groups in total. The fourth-order valence-electron chi connectivity index (χ4n) is 1.29. The monoisotopic (exact) mass is 183 g/mol. The molecule has 0 spiro atoms. The molecule has 0 aliphatic carbocycles. The first kappa shape index (κ1) is 12.2. The molecule has 76 valence electrons. The number of unbranched alkanes of at least 4 members (excludes halogenated alkanes) is 3. The summed E-state index contributed by atoms with van der Waals surface area (Å²) in [5, 5.41) is 0. The van der Waals surface area contributed by atoms with Crippen LogP contribution < -0.4 is 5.73 Å². The molecule has 0 aliphatic heterocycles. The van der Waals surface area contributed by atoms with Crippen LogP contribution in [0.3, 0.4) is 0 Å². The second-order valence-corrected chi connectivity index (χ2v) is 3.64. The summed E-state index contributed by atoms with van der Waals surface area (Å²) < 4.78 is 0. The topological polar surface area (TPSA) is 43.1 Å². The lowest BCUT2D eigenvalue weighted by atomic mass is 9.95. The highest BCUT2D eigenvalue weighted by Gasteiger charge is 2.10. The number of hydrogen-bond donors (Lipinski definition) is 1. The molecule has 1 amide bonds. The first-order valence-corrected chi connectivity index (χ1v) is 5.08. The van der Waals surface area contributed by atoms with Gasteiger partial charge in [-0.15, -0.1) is 0 Å². The first-order valence-electron chi connectivity index (χ1n) is 5.08. The average Bonchev–Trinajstić information content (AvgIpc) is 2.10. The van der Waals surface area contributed by atoms with Gasteiger partial charge in [0.05, 0.1) is 0 Å². The number of carbonyl (C=O) groups excluding carboxylic acids is 1. The van der Waals surface area contributed by atoms with Crippen molar-refractivity contribution < 1.29 is 4.79 Å². The minimum atomic E-state index is -0.358. The van der Waals surface area contributed by atoms with Gasteiger partial charge in [-0.3, -0.25) is 4.79 Å². The van der Waals surface area contributed by atoms with Crippen molar-refractivity contribution in [1.82, 2.24) is 0 Å². The SMILES string of the molecule is C=C(C(N)=O)C(C)CCCCCC. The summed E-state index contributed by atoms with van der Waals surface area (Å²) in [4.78, 5) is 10.8. The van der Waals surface area contributed by atoms with Crippen molar-refractivity contribution in [2.45, 2.75) is 46.0 Å². The smallest absolute Gasteiger partial charge is 0.244 e. The van der Waals surface area contributed by atoms with E-state index in [1.807, 2.05) is 6.92 Å². The van der Waals surface area contributed by atoms with Crippen molar-refractivity contribution in [3.05, 3.63) is 12.2 Å². The van der Waals surface area contributed by atoms with Crippen LogP contribution in [-0.4, -0.2) is 5.91 Å². The number of carbonyl (C=O) groups is 1. The van der Waals surface area contributed by atoms with Crippen molar-refractivity contribution in [3.8, 4) is 0 Å². The van der Waals surface area contributed by atoms with Crippen LogP contribution in [0.1, 0.15) is 46.0 Å². The van der Waals surface area contributed by atoms with E-state index in [0.717, 1.165) is 6.42 Å². The Balaban J connectivity index is 3.56. The zero-order chi connectivity index (χ0) is 10.3. The van der Waals surface area contributed by atoms with Gasteiger partial charge in [-0.2, -0.15) is 0 Å². The quantitative estimate of drug-likeness (QED) is 0.478. The van der Waals surface area contributed by atoms with Crippen LogP contribution >= 0.6 is 0 Å². The average molecular weight is 183 g/mol. The Morgan fingerprint density at radius 1 is 1.38 bits per heavy atom. The van der Waals surface area contributed by atoms with Crippen LogP contribution in [-0.2, 0) is 4.79 Å². The molecule has 0 aromatic rings. The molecule has 2 nitrogen and oxygen atoms in total. The number of primary amides is 1. The molecule has 13 heavy (non-hydrogen) atoms. The van der Waals surface area contributed by atoms with E-state index in [2.05, 4.69) is 13.5 Å².